The van der Waals surface area contributed by atoms with Gasteiger partial charge in [-0.1, -0.05) is 19.9 Å². The molecule has 1 heterocycles. The zero-order valence-corrected chi connectivity index (χ0v) is 10.5. The molecule has 0 aliphatic carbocycles. The van der Waals surface area contributed by atoms with Crippen molar-refractivity contribution in [3.8, 4) is 0 Å². The van der Waals surface area contributed by atoms with E-state index in [0.29, 0.717) is 11.4 Å². The number of hydrogen-bond donors (Lipinski definition) is 2. The predicted molar refractivity (Wildman–Crippen MR) is 65.2 cm³/mol. The Hall–Kier alpha value is -1.62. The lowest BCUT2D eigenvalue weighted by atomic mass is 9.79. The number of nitrogens with zero attached hydrogens (tertiary/aromatic N) is 2. The molecule has 0 spiro atoms. The van der Waals surface area contributed by atoms with Crippen LogP contribution in [-0.2, 0) is 10.2 Å². The fourth-order valence-corrected chi connectivity index (χ4v) is 1.71. The first-order chi connectivity index (χ1) is 7.78. The van der Waals surface area contributed by atoms with Crippen molar-refractivity contribution in [3.63, 3.8) is 0 Å². The zero-order chi connectivity index (χ0) is 13.2. The number of carboxylic acids is 1. The molecule has 0 amide bonds. The lowest BCUT2D eigenvalue weighted by molar-refractivity contribution is -0.150. The summed E-state index contributed by atoms with van der Waals surface area (Å²) in [5.74, 6) is -0.568. The summed E-state index contributed by atoms with van der Waals surface area (Å²) in [4.78, 5) is 16.9. The van der Waals surface area contributed by atoms with E-state index < -0.39 is 17.5 Å². The molecule has 0 saturated carbocycles. The maximum atomic E-state index is 10.9. The molecular formula is C12H18N2O3. The van der Waals surface area contributed by atoms with Crippen molar-refractivity contribution in [2.75, 3.05) is 19.0 Å². The highest BCUT2D eigenvalue weighted by molar-refractivity contribution is 5.75. The molecule has 1 rings (SSSR count). The number of aromatic nitrogens is 1. The van der Waals surface area contributed by atoms with Crippen LogP contribution >= 0.6 is 0 Å². The molecule has 1 atom stereocenters. The molecule has 5 heteroatoms. The molecule has 2 N–H and O–H groups in total. The first-order valence-corrected chi connectivity index (χ1v) is 5.32. The van der Waals surface area contributed by atoms with Crippen LogP contribution in [0, 0.1) is 0 Å². The van der Waals surface area contributed by atoms with Gasteiger partial charge in [-0.3, -0.25) is 0 Å². The zero-order valence-electron chi connectivity index (χ0n) is 10.5. The predicted octanol–water partition coefficient (Wildman–Crippen LogP) is 0.871. The summed E-state index contributed by atoms with van der Waals surface area (Å²) in [6, 6.07) is 3.52. The fourth-order valence-electron chi connectivity index (χ4n) is 1.71. The number of aliphatic hydroxyl groups excluding tert-OH is 1. The first kappa shape index (κ1) is 13.4. The van der Waals surface area contributed by atoms with Crippen LogP contribution in [0.25, 0.3) is 0 Å². The third kappa shape index (κ3) is 2.55. The van der Waals surface area contributed by atoms with Gasteiger partial charge in [0, 0.05) is 31.3 Å². The summed E-state index contributed by atoms with van der Waals surface area (Å²) in [5.41, 5.74) is -0.195. The normalized spacial score (nSPS) is 13.2. The van der Waals surface area contributed by atoms with E-state index >= 15 is 0 Å². The number of carboxylic acid groups (broad SMARTS) is 1. The van der Waals surface area contributed by atoms with Crippen molar-refractivity contribution in [1.29, 1.82) is 0 Å². The summed E-state index contributed by atoms with van der Waals surface area (Å²) in [6.45, 7) is 3.38. The topological polar surface area (TPSA) is 73.7 Å². The molecular weight excluding hydrogens is 220 g/mol. The van der Waals surface area contributed by atoms with Gasteiger partial charge in [-0.2, -0.15) is 0 Å². The average molecular weight is 238 g/mol. The maximum absolute atomic E-state index is 10.9. The van der Waals surface area contributed by atoms with E-state index in [9.17, 15) is 9.90 Å². The van der Waals surface area contributed by atoms with E-state index in [1.54, 1.807) is 37.1 Å². The molecule has 17 heavy (non-hydrogen) atoms. The third-order valence-electron chi connectivity index (χ3n) is 2.82. The van der Waals surface area contributed by atoms with E-state index in [4.69, 9.17) is 5.11 Å². The Morgan fingerprint density at radius 1 is 1.47 bits per heavy atom. The van der Waals surface area contributed by atoms with Crippen molar-refractivity contribution >= 4 is 11.8 Å². The van der Waals surface area contributed by atoms with Gasteiger partial charge in [0.1, 0.15) is 5.82 Å². The molecule has 94 valence electrons. The molecule has 1 aromatic heterocycles. The second kappa shape index (κ2) is 4.71. The van der Waals surface area contributed by atoms with E-state index in [0.717, 1.165) is 0 Å². The minimum atomic E-state index is -1.47. The largest absolute Gasteiger partial charge is 0.479 e. The van der Waals surface area contributed by atoms with Crippen LogP contribution in [0.3, 0.4) is 0 Å². The summed E-state index contributed by atoms with van der Waals surface area (Å²) in [5, 5.41) is 18.7. The number of aliphatic hydroxyl groups is 1. The van der Waals surface area contributed by atoms with Gasteiger partial charge in [-0.15, -0.1) is 0 Å². The molecule has 0 saturated heterocycles. The van der Waals surface area contributed by atoms with Gasteiger partial charge >= 0.3 is 5.97 Å². The minimum Gasteiger partial charge on any atom is -0.479 e. The third-order valence-corrected chi connectivity index (χ3v) is 2.82. The molecule has 0 aliphatic rings. The Morgan fingerprint density at radius 2 is 2.06 bits per heavy atom. The highest BCUT2D eigenvalue weighted by Crippen LogP contribution is 2.32. The smallest absolute Gasteiger partial charge is 0.333 e. The fraction of sp³-hybridized carbons (Fsp3) is 0.500. The highest BCUT2D eigenvalue weighted by Gasteiger charge is 2.37. The summed E-state index contributed by atoms with van der Waals surface area (Å²) >= 11 is 0. The van der Waals surface area contributed by atoms with Crippen LogP contribution in [0.4, 0.5) is 5.82 Å². The van der Waals surface area contributed by atoms with Crippen molar-refractivity contribution < 1.29 is 15.0 Å². The molecule has 1 aromatic rings. The van der Waals surface area contributed by atoms with E-state index in [1.807, 2.05) is 14.1 Å². The second-order valence-electron chi connectivity index (χ2n) is 4.73. The van der Waals surface area contributed by atoms with Gasteiger partial charge in [-0.05, 0) is 6.07 Å². The maximum Gasteiger partial charge on any atom is 0.333 e. The molecule has 5 nitrogen and oxygen atoms in total. The van der Waals surface area contributed by atoms with Gasteiger partial charge in [0.25, 0.3) is 0 Å². The van der Waals surface area contributed by atoms with Gasteiger partial charge < -0.3 is 15.1 Å². The van der Waals surface area contributed by atoms with E-state index in [1.165, 1.54) is 0 Å². The van der Waals surface area contributed by atoms with Crippen LogP contribution in [0.1, 0.15) is 19.4 Å². The first-order valence-electron chi connectivity index (χ1n) is 5.32. The van der Waals surface area contributed by atoms with Crippen molar-refractivity contribution in [2.24, 2.45) is 0 Å². The SMILES string of the molecule is CN(C)c1ncccc1C(C)(C)C(O)C(=O)O. The van der Waals surface area contributed by atoms with Crippen LogP contribution in [0.5, 0.6) is 0 Å². The Kier molecular flexibility index (Phi) is 3.72. The molecule has 0 fully saturated rings. The van der Waals surface area contributed by atoms with Crippen LogP contribution in [-0.4, -0.2) is 41.4 Å². The van der Waals surface area contributed by atoms with E-state index in [-0.39, 0.29) is 0 Å². The van der Waals surface area contributed by atoms with E-state index in [2.05, 4.69) is 4.98 Å². The van der Waals surface area contributed by atoms with Crippen molar-refractivity contribution in [2.45, 2.75) is 25.4 Å². The number of aliphatic carboxylic acids is 1. The van der Waals surface area contributed by atoms with Gasteiger partial charge in [0.05, 0.1) is 0 Å². The summed E-state index contributed by atoms with van der Waals surface area (Å²) < 4.78 is 0. The Bertz CT molecular complexity index is 416. The number of pyridine rings is 1. The minimum absolute atomic E-state index is 0.665. The Morgan fingerprint density at radius 3 is 2.53 bits per heavy atom. The molecule has 0 radical (unpaired) electrons. The Balaban J connectivity index is 3.27. The van der Waals surface area contributed by atoms with Crippen molar-refractivity contribution in [3.05, 3.63) is 23.9 Å². The van der Waals surface area contributed by atoms with Gasteiger partial charge in [0.2, 0.25) is 0 Å². The number of rotatable bonds is 4. The summed E-state index contributed by atoms with van der Waals surface area (Å²) in [6.07, 6.45) is 0.174. The average Bonchev–Trinajstić information content (AvgIpc) is 2.27. The summed E-state index contributed by atoms with van der Waals surface area (Å²) in [7, 11) is 3.66. The molecule has 0 bridgehead atoms. The van der Waals surface area contributed by atoms with Crippen LogP contribution in [0.15, 0.2) is 18.3 Å². The monoisotopic (exact) mass is 238 g/mol. The molecule has 1 unspecified atom stereocenters. The Labute approximate surface area is 101 Å². The number of hydrogen-bond acceptors (Lipinski definition) is 4. The molecule has 0 aliphatic heterocycles. The van der Waals surface area contributed by atoms with Gasteiger partial charge in [0.15, 0.2) is 6.10 Å². The second-order valence-corrected chi connectivity index (χ2v) is 4.73. The quantitative estimate of drug-likeness (QED) is 0.814. The lowest BCUT2D eigenvalue weighted by Gasteiger charge is -2.31. The van der Waals surface area contributed by atoms with Crippen LogP contribution < -0.4 is 4.90 Å². The van der Waals surface area contributed by atoms with Crippen molar-refractivity contribution in [1.82, 2.24) is 4.98 Å². The lowest BCUT2D eigenvalue weighted by Crippen LogP contribution is -2.40. The van der Waals surface area contributed by atoms with Gasteiger partial charge in [-0.25, -0.2) is 9.78 Å². The number of anilines is 1. The van der Waals surface area contributed by atoms with Crippen LogP contribution in [0.2, 0.25) is 0 Å². The standard InChI is InChI=1S/C12H18N2O3/c1-12(2,9(15)11(16)17)8-6-5-7-13-10(8)14(3)4/h5-7,9,15H,1-4H3,(H,16,17). The number of carbonyl (C=O) groups is 1. The highest BCUT2D eigenvalue weighted by atomic mass is 16.4. The molecule has 0 aromatic carbocycles.